The second-order valence-corrected chi connectivity index (χ2v) is 1.72. The third-order valence-electron chi connectivity index (χ3n) is 0. The van der Waals surface area contributed by atoms with Crippen molar-refractivity contribution in [2.45, 2.75) is 0 Å². The fraction of sp³-hybridized carbons (Fsp3) is 0. The average molecular weight is 164 g/mol. The summed E-state index contributed by atoms with van der Waals surface area (Å²) in [5, 5.41) is 0. The Hall–Kier alpha value is -0.741. The summed E-state index contributed by atoms with van der Waals surface area (Å²) in [4.78, 5) is 16.2. The molecule has 8 heavy (non-hydrogen) atoms. The van der Waals surface area contributed by atoms with Crippen LogP contribution in [-0.4, -0.2) is 10.3 Å². The molecule has 0 aromatic heterocycles. The summed E-state index contributed by atoms with van der Waals surface area (Å²) in [5.74, 6) is 0. The van der Waals surface area contributed by atoms with Crippen molar-refractivity contribution < 1.29 is 38.3 Å². The maximum atomic E-state index is 8.69. The predicted molar refractivity (Wildman–Crippen MR) is 9.29 cm³/mol. The Kier molecular flexibility index (Phi) is 5.68. The van der Waals surface area contributed by atoms with Crippen LogP contribution in [0.2, 0.25) is 0 Å². The zero-order chi connectivity index (χ0) is 7.21. The van der Waals surface area contributed by atoms with Crippen molar-refractivity contribution in [3.8, 4) is 0 Å². The predicted octanol–water partition coefficient (Wildman–Crippen LogP) is -1.50. The molecule has 0 aromatic rings. The van der Waals surface area contributed by atoms with E-state index in [1.807, 2.05) is 0 Å². The van der Waals surface area contributed by atoms with E-state index in [1.165, 1.54) is 0 Å². The first-order valence-corrected chi connectivity index (χ1v) is 3.01. The Balaban J connectivity index is 0. The fourth-order valence-electron chi connectivity index (χ4n) is 0. The Labute approximate surface area is 45.3 Å². The molecule has 0 saturated carbocycles. The molecule has 0 aliphatic heterocycles. The zero-order valence-corrected chi connectivity index (χ0v) is 4.55. The quantitative estimate of drug-likeness (QED) is 0.436. The van der Waals surface area contributed by atoms with Crippen LogP contribution in [0.4, 0.5) is 0 Å². The van der Waals surface area contributed by atoms with E-state index >= 15 is 0 Å². The topological polar surface area (TPSA) is 106 Å². The van der Waals surface area contributed by atoms with Crippen molar-refractivity contribution in [2.75, 3.05) is 0 Å². The number of hydrogen-bond acceptors (Lipinski definition) is 5. The minimum atomic E-state index is -5.38. The van der Waals surface area contributed by atoms with Crippen LogP contribution in [0.15, 0.2) is 0 Å². The molecule has 0 bridgehead atoms. The molecular formula is CHMnO6. The summed E-state index contributed by atoms with van der Waals surface area (Å²) in [6.45, 7) is 0. The number of rotatable bonds is 0. The van der Waals surface area contributed by atoms with Crippen LogP contribution in [-0.2, 0) is 34.1 Å². The molecule has 0 fully saturated rings. The van der Waals surface area contributed by atoms with Gasteiger partial charge in [0.25, 0.3) is 0 Å². The van der Waals surface area contributed by atoms with Crippen molar-refractivity contribution in [1.29, 1.82) is 0 Å². The monoisotopic (exact) mass is 164 g/mol. The molecule has 0 aliphatic carbocycles. The van der Waals surface area contributed by atoms with Crippen LogP contribution in [0.3, 0.4) is 0 Å². The van der Waals surface area contributed by atoms with Gasteiger partial charge in [-0.2, -0.15) is 9.59 Å². The Morgan fingerprint density at radius 2 is 1.12 bits per heavy atom. The fourth-order valence-corrected chi connectivity index (χ4v) is 0. The normalized spacial score (nSPS) is 8.12. The van der Waals surface area contributed by atoms with Crippen LogP contribution in [0.25, 0.3) is 0 Å². The first-order valence-electron chi connectivity index (χ1n) is 1.04. The third-order valence-corrected chi connectivity index (χ3v) is 0. The van der Waals surface area contributed by atoms with E-state index in [-0.39, 0.29) is 6.15 Å². The van der Waals surface area contributed by atoms with Gasteiger partial charge in [0.15, 0.2) is 0 Å². The van der Waals surface area contributed by atoms with E-state index in [1.54, 1.807) is 0 Å². The average Bonchev–Trinajstić information content (AvgIpc) is 1.27. The van der Waals surface area contributed by atoms with Gasteiger partial charge in [0.05, 0.1) is 0 Å². The third kappa shape index (κ3) is 174. The molecule has 0 aliphatic rings. The van der Waals surface area contributed by atoms with Gasteiger partial charge in [0.2, 0.25) is 0 Å². The van der Waals surface area contributed by atoms with Crippen LogP contribution in [0.5, 0.6) is 0 Å². The second kappa shape index (κ2) is 4.42. The van der Waals surface area contributed by atoms with E-state index in [0.717, 1.165) is 0 Å². The molecule has 7 heteroatoms. The van der Waals surface area contributed by atoms with Crippen LogP contribution in [0, 0.1) is 0 Å². The number of hydrogen-bond donors (Lipinski definition) is 1. The van der Waals surface area contributed by atoms with Crippen LogP contribution < -0.4 is 0 Å². The summed E-state index contributed by atoms with van der Waals surface area (Å²) in [6.07, 6.45) is 0.250. The van der Waals surface area contributed by atoms with Gasteiger partial charge >= 0.3 is 34.8 Å². The summed E-state index contributed by atoms with van der Waals surface area (Å²) >= 11 is -5.38. The molecule has 0 saturated heterocycles. The van der Waals surface area contributed by atoms with E-state index < -0.39 is 13.0 Å². The molecule has 48 valence electrons. The Morgan fingerprint density at radius 1 is 1.12 bits per heavy atom. The molecule has 0 rings (SSSR count). The van der Waals surface area contributed by atoms with Gasteiger partial charge in [-0.1, -0.05) is 0 Å². The molecule has 0 amide bonds. The SMILES string of the molecule is O=C=O.[O]=[Mn](=[O])(=[O])[OH]. The van der Waals surface area contributed by atoms with Gasteiger partial charge in [-0.3, -0.25) is 0 Å². The van der Waals surface area contributed by atoms with E-state index in [9.17, 15) is 0 Å². The van der Waals surface area contributed by atoms with Crippen LogP contribution >= 0.6 is 0 Å². The van der Waals surface area contributed by atoms with Gasteiger partial charge < -0.3 is 0 Å². The number of carbonyl (C=O) groups excluding carboxylic acids is 2. The van der Waals surface area contributed by atoms with Gasteiger partial charge in [-0.15, -0.1) is 0 Å². The zero-order valence-electron chi connectivity index (χ0n) is 3.37. The summed E-state index contributed by atoms with van der Waals surface area (Å²) in [6, 6.07) is 0. The molecule has 6 nitrogen and oxygen atoms in total. The van der Waals surface area contributed by atoms with E-state index in [0.29, 0.717) is 0 Å². The van der Waals surface area contributed by atoms with Crippen molar-refractivity contribution in [3.05, 3.63) is 0 Å². The van der Waals surface area contributed by atoms with Gasteiger partial charge in [0, 0.05) is 0 Å². The first-order chi connectivity index (χ1) is 3.41. The molecule has 1 N–H and O–H groups in total. The van der Waals surface area contributed by atoms with Gasteiger partial charge in [0.1, 0.15) is 0 Å². The summed E-state index contributed by atoms with van der Waals surface area (Å²) < 4.78 is 33.1. The van der Waals surface area contributed by atoms with Crippen molar-refractivity contribution in [1.82, 2.24) is 0 Å². The molecular weight excluding hydrogens is 163 g/mol. The minimum absolute atomic E-state index is 0.250. The van der Waals surface area contributed by atoms with Crippen molar-refractivity contribution in [2.24, 2.45) is 0 Å². The first kappa shape index (κ1) is 10.3. The van der Waals surface area contributed by atoms with E-state index in [4.69, 9.17) is 25.3 Å². The molecule has 0 atom stereocenters. The Morgan fingerprint density at radius 3 is 1.12 bits per heavy atom. The molecule has 0 heterocycles. The molecule has 0 unspecified atom stereocenters. The maximum absolute atomic E-state index is 8.69. The van der Waals surface area contributed by atoms with E-state index in [2.05, 4.69) is 0 Å². The van der Waals surface area contributed by atoms with Gasteiger partial charge in [-0.25, -0.2) is 0 Å². The summed E-state index contributed by atoms with van der Waals surface area (Å²) in [5.41, 5.74) is 0. The Bertz CT molecular complexity index is 192. The second-order valence-electron chi connectivity index (χ2n) is 0.479. The van der Waals surface area contributed by atoms with Crippen molar-refractivity contribution in [3.63, 3.8) is 0 Å². The van der Waals surface area contributed by atoms with Crippen LogP contribution in [0.1, 0.15) is 0 Å². The molecule has 0 spiro atoms. The van der Waals surface area contributed by atoms with Gasteiger partial charge in [-0.05, 0) is 0 Å². The standard InChI is InChI=1S/CO2.Mn.H2O.3O/c2-1-3;;;;;/h;;1H2;;;/q;+1;;;;/p-1. The molecule has 0 aromatic carbocycles. The van der Waals surface area contributed by atoms with Crippen molar-refractivity contribution >= 4 is 6.15 Å². The summed E-state index contributed by atoms with van der Waals surface area (Å²) in [7, 11) is 0. The molecule has 0 radical (unpaired) electrons.